The van der Waals surface area contributed by atoms with Gasteiger partial charge in [0.1, 0.15) is 23.4 Å². The number of methoxy groups -OCH3 is 2. The van der Waals surface area contributed by atoms with E-state index in [0.717, 1.165) is 22.6 Å². The maximum atomic E-state index is 10.4. The Morgan fingerprint density at radius 2 is 1.67 bits per heavy atom. The average Bonchev–Trinajstić information content (AvgIpc) is 2.54. The molecule has 0 amide bonds. The number of rotatable bonds is 3. The summed E-state index contributed by atoms with van der Waals surface area (Å²) in [6, 6.07) is 13.2. The van der Waals surface area contributed by atoms with Crippen molar-refractivity contribution in [3.63, 3.8) is 0 Å². The predicted molar refractivity (Wildman–Crippen MR) is 78.9 cm³/mol. The summed E-state index contributed by atoms with van der Waals surface area (Å²) < 4.78 is 16.3. The molecule has 1 aliphatic heterocycles. The van der Waals surface area contributed by atoms with Crippen LogP contribution in [-0.2, 0) is 0 Å². The van der Waals surface area contributed by atoms with Crippen LogP contribution in [-0.4, -0.2) is 19.3 Å². The Kier molecular flexibility index (Phi) is 3.71. The highest BCUT2D eigenvalue weighted by Crippen LogP contribution is 2.42. The molecule has 21 heavy (non-hydrogen) atoms. The molecule has 0 spiro atoms. The Labute approximate surface area is 123 Å². The highest BCUT2D eigenvalue weighted by atomic mass is 16.5. The highest BCUT2D eigenvalue weighted by Gasteiger charge is 2.28. The van der Waals surface area contributed by atoms with E-state index in [0.29, 0.717) is 12.2 Å². The van der Waals surface area contributed by atoms with Gasteiger partial charge in [0, 0.05) is 12.0 Å². The Morgan fingerprint density at radius 3 is 2.33 bits per heavy atom. The van der Waals surface area contributed by atoms with E-state index in [9.17, 15) is 5.11 Å². The van der Waals surface area contributed by atoms with Crippen molar-refractivity contribution < 1.29 is 19.3 Å². The second-order valence-corrected chi connectivity index (χ2v) is 5.03. The third-order valence-electron chi connectivity index (χ3n) is 3.77. The summed E-state index contributed by atoms with van der Waals surface area (Å²) in [6.07, 6.45) is -0.199. The molecule has 1 aliphatic rings. The van der Waals surface area contributed by atoms with Crippen molar-refractivity contribution in [3.05, 3.63) is 53.6 Å². The monoisotopic (exact) mass is 286 g/mol. The van der Waals surface area contributed by atoms with E-state index in [1.54, 1.807) is 14.2 Å². The van der Waals surface area contributed by atoms with Crippen molar-refractivity contribution in [3.8, 4) is 17.2 Å². The first-order chi connectivity index (χ1) is 10.2. The third kappa shape index (κ3) is 2.67. The van der Waals surface area contributed by atoms with E-state index in [1.807, 2.05) is 42.5 Å². The van der Waals surface area contributed by atoms with Gasteiger partial charge in [0.25, 0.3) is 0 Å². The summed E-state index contributed by atoms with van der Waals surface area (Å²) in [5.74, 6) is 2.23. The van der Waals surface area contributed by atoms with Crippen LogP contribution >= 0.6 is 0 Å². The number of benzene rings is 2. The van der Waals surface area contributed by atoms with Gasteiger partial charge in [-0.1, -0.05) is 12.1 Å². The Morgan fingerprint density at radius 1 is 1.00 bits per heavy atom. The van der Waals surface area contributed by atoms with E-state index >= 15 is 0 Å². The Bertz CT molecular complexity index is 621. The SMILES string of the molecule is COc1ccc(C2C[C@@H](O)c3cc(OC)ccc3O2)cc1. The fraction of sp³-hybridized carbons (Fsp3) is 0.294. The molecule has 0 fully saturated rings. The summed E-state index contributed by atoms with van der Waals surface area (Å²) in [4.78, 5) is 0. The molecule has 0 saturated carbocycles. The average molecular weight is 286 g/mol. The molecule has 2 aromatic carbocycles. The first-order valence-electron chi connectivity index (χ1n) is 6.88. The van der Waals surface area contributed by atoms with Gasteiger partial charge < -0.3 is 19.3 Å². The van der Waals surface area contributed by atoms with E-state index in [-0.39, 0.29) is 6.10 Å². The van der Waals surface area contributed by atoms with Gasteiger partial charge in [0.2, 0.25) is 0 Å². The molecule has 1 unspecified atom stereocenters. The molecule has 1 heterocycles. The van der Waals surface area contributed by atoms with Crippen LogP contribution in [0.4, 0.5) is 0 Å². The van der Waals surface area contributed by atoms with Crippen molar-refractivity contribution in [1.82, 2.24) is 0 Å². The molecular formula is C17H18O4. The summed E-state index contributed by atoms with van der Waals surface area (Å²) in [5, 5.41) is 10.4. The van der Waals surface area contributed by atoms with Gasteiger partial charge >= 0.3 is 0 Å². The molecule has 0 aliphatic carbocycles. The minimum atomic E-state index is -0.559. The molecule has 110 valence electrons. The molecule has 2 aromatic rings. The van der Waals surface area contributed by atoms with Gasteiger partial charge in [-0.25, -0.2) is 0 Å². The molecule has 0 aromatic heterocycles. The van der Waals surface area contributed by atoms with Crippen LogP contribution in [0.15, 0.2) is 42.5 Å². The van der Waals surface area contributed by atoms with Gasteiger partial charge in [0.05, 0.1) is 20.3 Å². The van der Waals surface area contributed by atoms with Crippen LogP contribution < -0.4 is 14.2 Å². The molecule has 1 N–H and O–H groups in total. The summed E-state index contributed by atoms with van der Waals surface area (Å²) >= 11 is 0. The largest absolute Gasteiger partial charge is 0.497 e. The lowest BCUT2D eigenvalue weighted by molar-refractivity contribution is 0.0654. The second kappa shape index (κ2) is 5.66. The van der Waals surface area contributed by atoms with Gasteiger partial charge in [-0.3, -0.25) is 0 Å². The maximum absolute atomic E-state index is 10.4. The number of hydrogen-bond donors (Lipinski definition) is 1. The predicted octanol–water partition coefficient (Wildman–Crippen LogP) is 3.26. The van der Waals surface area contributed by atoms with Crippen molar-refractivity contribution in [2.45, 2.75) is 18.6 Å². The maximum Gasteiger partial charge on any atom is 0.127 e. The quantitative estimate of drug-likeness (QED) is 0.941. The minimum absolute atomic E-state index is 0.160. The van der Waals surface area contributed by atoms with Crippen LogP contribution in [0.3, 0.4) is 0 Å². The summed E-state index contributed by atoms with van der Waals surface area (Å²) in [6.45, 7) is 0. The van der Waals surface area contributed by atoms with Crippen molar-refractivity contribution in [2.75, 3.05) is 14.2 Å². The molecule has 2 atom stereocenters. The zero-order valence-electron chi connectivity index (χ0n) is 12.1. The molecule has 0 saturated heterocycles. The van der Waals surface area contributed by atoms with E-state index in [2.05, 4.69) is 0 Å². The van der Waals surface area contributed by atoms with E-state index < -0.39 is 6.10 Å². The highest BCUT2D eigenvalue weighted by molar-refractivity contribution is 5.44. The zero-order chi connectivity index (χ0) is 14.8. The number of aliphatic hydroxyl groups excluding tert-OH is 1. The van der Waals surface area contributed by atoms with E-state index in [4.69, 9.17) is 14.2 Å². The van der Waals surface area contributed by atoms with Gasteiger partial charge in [-0.2, -0.15) is 0 Å². The summed E-state index contributed by atoms with van der Waals surface area (Å²) in [7, 11) is 3.25. The zero-order valence-corrected chi connectivity index (χ0v) is 12.1. The topological polar surface area (TPSA) is 47.9 Å². The fourth-order valence-corrected chi connectivity index (χ4v) is 2.58. The normalized spacial score (nSPS) is 20.3. The van der Waals surface area contributed by atoms with Crippen molar-refractivity contribution in [1.29, 1.82) is 0 Å². The Balaban J connectivity index is 1.87. The number of ether oxygens (including phenoxy) is 3. The standard InChI is InChI=1S/C17H18O4/c1-19-12-5-3-11(4-6-12)17-10-15(18)14-9-13(20-2)7-8-16(14)21-17/h3-9,15,17-18H,10H2,1-2H3/t15-,17?/m1/s1. The number of hydrogen-bond acceptors (Lipinski definition) is 4. The van der Waals surface area contributed by atoms with Crippen molar-refractivity contribution >= 4 is 0 Å². The van der Waals surface area contributed by atoms with Gasteiger partial charge in [-0.15, -0.1) is 0 Å². The lowest BCUT2D eigenvalue weighted by Gasteiger charge is -2.30. The van der Waals surface area contributed by atoms with Crippen LogP contribution in [0.25, 0.3) is 0 Å². The lowest BCUT2D eigenvalue weighted by atomic mass is 9.95. The van der Waals surface area contributed by atoms with Crippen LogP contribution in [0.1, 0.15) is 29.8 Å². The second-order valence-electron chi connectivity index (χ2n) is 5.03. The van der Waals surface area contributed by atoms with Crippen molar-refractivity contribution in [2.24, 2.45) is 0 Å². The minimum Gasteiger partial charge on any atom is -0.497 e. The smallest absolute Gasteiger partial charge is 0.127 e. The molecule has 4 nitrogen and oxygen atoms in total. The lowest BCUT2D eigenvalue weighted by Crippen LogP contribution is -2.19. The summed E-state index contributed by atoms with van der Waals surface area (Å²) in [5.41, 5.74) is 1.80. The van der Waals surface area contributed by atoms with Crippen LogP contribution in [0.5, 0.6) is 17.2 Å². The number of fused-ring (bicyclic) bond motifs is 1. The molecule has 0 radical (unpaired) electrons. The molecule has 4 heteroatoms. The molecule has 3 rings (SSSR count). The first kappa shape index (κ1) is 13.8. The third-order valence-corrected chi connectivity index (χ3v) is 3.77. The van der Waals surface area contributed by atoms with Gasteiger partial charge in [0.15, 0.2) is 0 Å². The molecular weight excluding hydrogens is 268 g/mol. The Hall–Kier alpha value is -2.20. The molecule has 0 bridgehead atoms. The van der Waals surface area contributed by atoms with Crippen LogP contribution in [0, 0.1) is 0 Å². The first-order valence-corrected chi connectivity index (χ1v) is 6.88. The fourth-order valence-electron chi connectivity index (χ4n) is 2.58. The number of aliphatic hydroxyl groups is 1. The van der Waals surface area contributed by atoms with Crippen LogP contribution in [0.2, 0.25) is 0 Å². The van der Waals surface area contributed by atoms with Gasteiger partial charge in [-0.05, 0) is 35.9 Å². The van der Waals surface area contributed by atoms with E-state index in [1.165, 1.54) is 0 Å².